The molecule has 4 saturated heterocycles. The van der Waals surface area contributed by atoms with Crippen LogP contribution in [0.4, 0.5) is 5.69 Å². The fourth-order valence-electron chi connectivity index (χ4n) is 4.81. The highest BCUT2D eigenvalue weighted by molar-refractivity contribution is 6.04. The van der Waals surface area contributed by atoms with Crippen LogP contribution in [-0.4, -0.2) is 67.9 Å². The SMILES string of the molecule is CO[C@H]1CCN(c2ccc3c(C(=O)NC4CN5CCC4CC5)noc3c2)C1. The van der Waals surface area contributed by atoms with Gasteiger partial charge in [-0.2, -0.15) is 0 Å². The molecule has 1 aromatic carbocycles. The summed E-state index contributed by atoms with van der Waals surface area (Å²) >= 11 is 0. The zero-order valence-corrected chi connectivity index (χ0v) is 15.7. The van der Waals surface area contributed by atoms with Gasteiger partial charge in [0, 0.05) is 44.5 Å². The molecule has 1 unspecified atom stereocenters. The van der Waals surface area contributed by atoms with Crippen LogP contribution in [0.25, 0.3) is 11.0 Å². The van der Waals surface area contributed by atoms with E-state index in [1.165, 1.54) is 12.8 Å². The van der Waals surface area contributed by atoms with Crippen LogP contribution in [0.1, 0.15) is 29.8 Å². The lowest BCUT2D eigenvalue weighted by molar-refractivity contribution is 0.0616. The third-order valence-electron chi connectivity index (χ3n) is 6.49. The molecule has 4 aliphatic rings. The van der Waals surface area contributed by atoms with Gasteiger partial charge in [0.15, 0.2) is 11.3 Å². The molecule has 1 amide bonds. The van der Waals surface area contributed by atoms with Crippen LogP contribution in [-0.2, 0) is 4.74 Å². The van der Waals surface area contributed by atoms with Crippen LogP contribution in [0.5, 0.6) is 0 Å². The summed E-state index contributed by atoms with van der Waals surface area (Å²) in [5.74, 6) is 0.466. The number of methoxy groups -OCH3 is 1. The summed E-state index contributed by atoms with van der Waals surface area (Å²) in [7, 11) is 1.76. The molecule has 2 atom stereocenters. The number of aromatic nitrogens is 1. The monoisotopic (exact) mass is 370 g/mol. The van der Waals surface area contributed by atoms with Gasteiger partial charge >= 0.3 is 0 Å². The maximum absolute atomic E-state index is 12.8. The van der Waals surface area contributed by atoms with Gasteiger partial charge in [-0.3, -0.25) is 4.79 Å². The van der Waals surface area contributed by atoms with E-state index in [2.05, 4.69) is 20.3 Å². The normalized spacial score (nSPS) is 30.2. The van der Waals surface area contributed by atoms with Crippen LogP contribution < -0.4 is 10.2 Å². The maximum Gasteiger partial charge on any atom is 0.274 e. The van der Waals surface area contributed by atoms with Crippen LogP contribution in [0.3, 0.4) is 0 Å². The number of nitrogens with one attached hydrogen (secondary N) is 1. The molecular weight excluding hydrogens is 344 g/mol. The molecule has 1 N–H and O–H groups in total. The van der Waals surface area contributed by atoms with Crippen molar-refractivity contribution in [3.63, 3.8) is 0 Å². The molecule has 144 valence electrons. The van der Waals surface area contributed by atoms with Gasteiger partial charge in [0.2, 0.25) is 0 Å². The molecule has 4 aliphatic heterocycles. The van der Waals surface area contributed by atoms with Crippen molar-refractivity contribution in [2.24, 2.45) is 5.92 Å². The quantitative estimate of drug-likeness (QED) is 0.886. The molecule has 0 aliphatic carbocycles. The highest BCUT2D eigenvalue weighted by atomic mass is 16.5. The fourth-order valence-corrected chi connectivity index (χ4v) is 4.81. The summed E-state index contributed by atoms with van der Waals surface area (Å²) in [5, 5.41) is 8.05. The van der Waals surface area contributed by atoms with Crippen molar-refractivity contribution in [3.05, 3.63) is 23.9 Å². The van der Waals surface area contributed by atoms with Crippen LogP contribution in [0.2, 0.25) is 0 Å². The standard InChI is InChI=1S/C20H26N4O3/c1-26-15-6-9-24(11-15)14-2-3-16-18(10-14)27-22-19(16)20(25)21-17-12-23-7-4-13(17)5-8-23/h2-3,10,13,15,17H,4-9,11-12H2,1H3,(H,21,25)/t15-,17?/m0/s1. The predicted octanol–water partition coefficient (Wildman–Crippen LogP) is 1.88. The number of piperidine rings is 3. The third kappa shape index (κ3) is 3.08. The number of hydrogen-bond donors (Lipinski definition) is 1. The molecule has 0 spiro atoms. The summed E-state index contributed by atoms with van der Waals surface area (Å²) in [6.07, 6.45) is 3.65. The van der Waals surface area contributed by atoms with E-state index in [9.17, 15) is 4.79 Å². The van der Waals surface area contributed by atoms with Gasteiger partial charge in [-0.1, -0.05) is 5.16 Å². The minimum Gasteiger partial charge on any atom is -0.380 e. The average molecular weight is 370 g/mol. The van der Waals surface area contributed by atoms with Crippen molar-refractivity contribution < 1.29 is 14.1 Å². The molecule has 7 heteroatoms. The molecule has 5 heterocycles. The number of carbonyl (C=O) groups excluding carboxylic acids is 1. The van der Waals surface area contributed by atoms with Crippen molar-refractivity contribution in [2.75, 3.05) is 44.7 Å². The summed E-state index contributed by atoms with van der Waals surface area (Å²) < 4.78 is 10.9. The Morgan fingerprint density at radius 1 is 1.22 bits per heavy atom. The van der Waals surface area contributed by atoms with Crippen LogP contribution in [0, 0.1) is 5.92 Å². The summed E-state index contributed by atoms with van der Waals surface area (Å²) in [4.78, 5) is 17.5. The van der Waals surface area contributed by atoms with Crippen LogP contribution in [0.15, 0.2) is 22.7 Å². The smallest absolute Gasteiger partial charge is 0.274 e. The summed E-state index contributed by atoms with van der Waals surface area (Å²) in [6, 6.07) is 6.20. The largest absolute Gasteiger partial charge is 0.380 e. The number of nitrogens with zero attached hydrogens (tertiary/aromatic N) is 3. The highest BCUT2D eigenvalue weighted by Crippen LogP contribution is 2.30. The Morgan fingerprint density at radius 3 is 2.78 bits per heavy atom. The lowest BCUT2D eigenvalue weighted by Gasteiger charge is -2.44. The lowest BCUT2D eigenvalue weighted by Crippen LogP contribution is -2.57. The van der Waals surface area contributed by atoms with Gasteiger partial charge in [-0.05, 0) is 50.4 Å². The number of ether oxygens (including phenoxy) is 1. The topological polar surface area (TPSA) is 70.8 Å². The van der Waals surface area contributed by atoms with E-state index >= 15 is 0 Å². The molecule has 4 fully saturated rings. The summed E-state index contributed by atoms with van der Waals surface area (Å²) in [5.41, 5.74) is 2.14. The van der Waals surface area contributed by atoms with E-state index < -0.39 is 0 Å². The number of anilines is 1. The molecule has 2 bridgehead atoms. The Labute approximate surface area is 158 Å². The second-order valence-corrected chi connectivity index (χ2v) is 8.02. The Kier molecular flexibility index (Phi) is 4.28. The van der Waals surface area contributed by atoms with Crippen molar-refractivity contribution in [2.45, 2.75) is 31.4 Å². The second kappa shape index (κ2) is 6.80. The van der Waals surface area contributed by atoms with E-state index in [-0.39, 0.29) is 18.1 Å². The Morgan fingerprint density at radius 2 is 2.07 bits per heavy atom. The van der Waals surface area contributed by atoms with E-state index in [4.69, 9.17) is 9.26 Å². The predicted molar refractivity (Wildman–Crippen MR) is 102 cm³/mol. The molecule has 27 heavy (non-hydrogen) atoms. The number of fused-ring (bicyclic) bond motifs is 4. The molecule has 1 aromatic heterocycles. The number of hydrogen-bond acceptors (Lipinski definition) is 6. The summed E-state index contributed by atoms with van der Waals surface area (Å²) in [6.45, 7) is 5.11. The van der Waals surface area contributed by atoms with Gasteiger partial charge in [0.05, 0.1) is 11.5 Å². The molecule has 0 radical (unpaired) electrons. The minimum atomic E-state index is -0.124. The number of rotatable bonds is 4. The van der Waals surface area contributed by atoms with Crippen LogP contribution >= 0.6 is 0 Å². The van der Waals surface area contributed by atoms with E-state index in [1.807, 2.05) is 18.2 Å². The third-order valence-corrected chi connectivity index (χ3v) is 6.49. The molecule has 0 saturated carbocycles. The Hall–Kier alpha value is -2.12. The van der Waals surface area contributed by atoms with Gasteiger partial charge in [0.25, 0.3) is 5.91 Å². The van der Waals surface area contributed by atoms with E-state index in [0.717, 1.165) is 50.2 Å². The zero-order chi connectivity index (χ0) is 18.4. The Balaban J connectivity index is 1.33. The van der Waals surface area contributed by atoms with E-state index in [0.29, 0.717) is 17.2 Å². The highest BCUT2D eigenvalue weighted by Gasteiger charge is 2.35. The first-order valence-electron chi connectivity index (χ1n) is 9.91. The van der Waals surface area contributed by atoms with Gasteiger partial charge in [-0.15, -0.1) is 0 Å². The first-order chi connectivity index (χ1) is 13.2. The van der Waals surface area contributed by atoms with Crippen molar-refractivity contribution in [1.82, 2.24) is 15.4 Å². The average Bonchev–Trinajstić information content (AvgIpc) is 3.35. The molecule has 2 aromatic rings. The minimum absolute atomic E-state index is 0.124. The second-order valence-electron chi connectivity index (χ2n) is 8.02. The van der Waals surface area contributed by atoms with Gasteiger partial charge in [0.1, 0.15) is 0 Å². The Bertz CT molecular complexity index is 843. The number of carbonyl (C=O) groups is 1. The van der Waals surface area contributed by atoms with E-state index in [1.54, 1.807) is 7.11 Å². The number of benzene rings is 1. The maximum atomic E-state index is 12.8. The van der Waals surface area contributed by atoms with Crippen molar-refractivity contribution in [1.29, 1.82) is 0 Å². The first-order valence-corrected chi connectivity index (χ1v) is 9.91. The molecular formula is C20H26N4O3. The lowest BCUT2D eigenvalue weighted by atomic mass is 9.84. The van der Waals surface area contributed by atoms with Gasteiger partial charge in [-0.25, -0.2) is 0 Å². The number of amides is 1. The fraction of sp³-hybridized carbons (Fsp3) is 0.600. The molecule has 6 rings (SSSR count). The molecule has 7 nitrogen and oxygen atoms in total. The van der Waals surface area contributed by atoms with Gasteiger partial charge < -0.3 is 24.4 Å². The van der Waals surface area contributed by atoms with Crippen molar-refractivity contribution >= 4 is 22.6 Å². The first kappa shape index (κ1) is 17.0. The zero-order valence-electron chi connectivity index (χ0n) is 15.7. The van der Waals surface area contributed by atoms with Crippen molar-refractivity contribution in [3.8, 4) is 0 Å².